The molecule has 4 aromatic rings. The highest BCUT2D eigenvalue weighted by Crippen LogP contribution is 2.43. The summed E-state index contributed by atoms with van der Waals surface area (Å²) in [5.41, 5.74) is -1.09. The van der Waals surface area contributed by atoms with Crippen LogP contribution in [0.3, 0.4) is 0 Å². The smallest absolute Gasteiger partial charge is 0.401 e. The normalized spacial score (nSPS) is 17.8. The van der Waals surface area contributed by atoms with E-state index in [9.17, 15) is 22.7 Å². The Bertz CT molecular complexity index is 1570. The molecular weight excluding hydrogens is 579 g/mol. The van der Waals surface area contributed by atoms with Crippen molar-refractivity contribution in [2.75, 3.05) is 18.0 Å². The monoisotopic (exact) mass is 606 g/mol. The minimum absolute atomic E-state index is 0.00623. The Labute approximate surface area is 244 Å². The summed E-state index contributed by atoms with van der Waals surface area (Å²) in [5, 5.41) is 10.4. The Kier molecular flexibility index (Phi) is 8.47. The molecule has 1 N–H and O–H groups in total. The van der Waals surface area contributed by atoms with Crippen LogP contribution in [-0.4, -0.2) is 55.3 Å². The fourth-order valence-corrected chi connectivity index (χ4v) is 5.61. The number of nitrogens with zero attached hydrogens (tertiary/aromatic N) is 6. The van der Waals surface area contributed by atoms with E-state index in [1.165, 1.54) is 30.6 Å². The van der Waals surface area contributed by atoms with Gasteiger partial charge in [0.25, 0.3) is 0 Å². The van der Waals surface area contributed by atoms with Gasteiger partial charge in [0.15, 0.2) is 5.82 Å². The molecule has 13 heteroatoms. The predicted molar refractivity (Wildman–Crippen MR) is 149 cm³/mol. The molecule has 2 aromatic heterocycles. The van der Waals surface area contributed by atoms with E-state index in [4.69, 9.17) is 11.6 Å². The highest BCUT2D eigenvalue weighted by molar-refractivity contribution is 6.34. The van der Waals surface area contributed by atoms with Crippen molar-refractivity contribution in [2.45, 2.75) is 52.0 Å². The van der Waals surface area contributed by atoms with Crippen LogP contribution < -0.4 is 4.90 Å². The van der Waals surface area contributed by atoms with Crippen molar-refractivity contribution in [3.8, 4) is 16.9 Å². The topological polar surface area (TPSA) is 78.3 Å². The van der Waals surface area contributed by atoms with Crippen molar-refractivity contribution in [3.63, 3.8) is 0 Å². The second-order valence-electron chi connectivity index (χ2n) is 10.7. The minimum atomic E-state index is -4.56. The van der Waals surface area contributed by atoms with Gasteiger partial charge < -0.3 is 10.0 Å². The molecule has 0 amide bonds. The molecule has 42 heavy (non-hydrogen) atoms. The number of phenols is 1. The number of hydrogen-bond donors (Lipinski definition) is 1. The molecule has 0 spiro atoms. The van der Waals surface area contributed by atoms with E-state index < -0.39 is 47.8 Å². The van der Waals surface area contributed by atoms with Gasteiger partial charge in [0.05, 0.1) is 30.2 Å². The molecule has 2 aromatic carbocycles. The lowest BCUT2D eigenvalue weighted by Crippen LogP contribution is -2.42. The summed E-state index contributed by atoms with van der Waals surface area (Å²) in [6.07, 6.45) is 0.0904. The lowest BCUT2D eigenvalue weighted by atomic mass is 9.94. The molecule has 5 rings (SSSR count). The molecule has 222 valence electrons. The number of fused-ring (bicyclic) bond motifs is 1. The molecule has 1 saturated heterocycles. The van der Waals surface area contributed by atoms with Crippen LogP contribution in [0.1, 0.15) is 38.3 Å². The Morgan fingerprint density at radius 3 is 2.40 bits per heavy atom. The van der Waals surface area contributed by atoms with Crippen molar-refractivity contribution < 1.29 is 27.1 Å². The quantitative estimate of drug-likeness (QED) is 0.229. The van der Waals surface area contributed by atoms with E-state index in [0.717, 1.165) is 23.8 Å². The summed E-state index contributed by atoms with van der Waals surface area (Å²) < 4.78 is 71.9. The minimum Gasteiger partial charge on any atom is -0.507 e. The van der Waals surface area contributed by atoms with E-state index in [1.54, 1.807) is 6.07 Å². The number of rotatable bonds is 7. The van der Waals surface area contributed by atoms with Crippen molar-refractivity contribution in [1.29, 1.82) is 0 Å². The Morgan fingerprint density at radius 2 is 1.71 bits per heavy atom. The maximum atomic E-state index is 16.3. The van der Waals surface area contributed by atoms with Crippen LogP contribution >= 0.6 is 11.6 Å². The Morgan fingerprint density at radius 1 is 1.00 bits per heavy atom. The average molecular weight is 607 g/mol. The van der Waals surface area contributed by atoms with Crippen molar-refractivity contribution >= 4 is 28.3 Å². The third kappa shape index (κ3) is 6.39. The summed E-state index contributed by atoms with van der Waals surface area (Å²) in [7, 11) is 0. The molecule has 0 aliphatic carbocycles. The summed E-state index contributed by atoms with van der Waals surface area (Å²) >= 11 is 6.51. The Hall–Kier alpha value is -3.64. The van der Waals surface area contributed by atoms with Crippen molar-refractivity contribution in [2.24, 2.45) is 5.92 Å². The zero-order valence-corrected chi connectivity index (χ0v) is 23.6. The predicted octanol–water partition coefficient (Wildman–Crippen LogP) is 6.91. The number of benzene rings is 2. The van der Waals surface area contributed by atoms with Crippen LogP contribution in [0.5, 0.6) is 5.75 Å². The fraction of sp³-hybridized carbons (Fsp3) is 0.379. The van der Waals surface area contributed by atoms with E-state index >= 15 is 4.39 Å². The van der Waals surface area contributed by atoms with Crippen molar-refractivity contribution in [3.05, 3.63) is 71.0 Å². The number of piperidine rings is 1. The molecule has 0 unspecified atom stereocenters. The maximum absolute atomic E-state index is 16.3. The number of hydrogen-bond acceptors (Lipinski definition) is 7. The van der Waals surface area contributed by atoms with Crippen LogP contribution in [0.2, 0.25) is 5.02 Å². The van der Waals surface area contributed by atoms with Crippen LogP contribution in [0.15, 0.2) is 42.7 Å². The average Bonchev–Trinajstić information content (AvgIpc) is 2.91. The lowest BCUT2D eigenvalue weighted by molar-refractivity contribution is -0.148. The van der Waals surface area contributed by atoms with Gasteiger partial charge in [-0.25, -0.2) is 28.7 Å². The van der Waals surface area contributed by atoms with E-state index in [1.807, 2.05) is 11.8 Å². The molecule has 1 aliphatic heterocycles. The SMILES string of the molecule is C[C@H]1CC[C@H](C)N(c2nc(CN(Cc3ncccn3)CC(F)(F)F)nc3c(F)c(-c4c(O)cccc4F)c(Cl)cc23)C1. The van der Waals surface area contributed by atoms with Gasteiger partial charge in [-0.15, -0.1) is 0 Å². The van der Waals surface area contributed by atoms with E-state index in [0.29, 0.717) is 12.4 Å². The van der Waals surface area contributed by atoms with Gasteiger partial charge >= 0.3 is 6.18 Å². The van der Waals surface area contributed by atoms with Crippen LogP contribution in [0.4, 0.5) is 27.8 Å². The van der Waals surface area contributed by atoms with Crippen LogP contribution in [0, 0.1) is 17.6 Å². The standard InChI is InChI=1S/C29H28ClF5N6O/c1-16-7-8-17(2)41(12-16)28-18-11-19(30)24(25-20(31)5-3-6-21(25)42)26(32)27(18)38-23(39-28)14-40(15-29(33,34)35)13-22-36-9-4-10-37-22/h3-6,9-11,16-17,42H,7-8,12-15H2,1-2H3/t16-,17-/m0/s1. The summed E-state index contributed by atoms with van der Waals surface area (Å²) in [6, 6.07) is 6.49. The summed E-state index contributed by atoms with van der Waals surface area (Å²) in [5.74, 6) is -1.76. The van der Waals surface area contributed by atoms with Gasteiger partial charge in [-0.05, 0) is 49.9 Å². The first-order valence-corrected chi connectivity index (χ1v) is 13.8. The van der Waals surface area contributed by atoms with Gasteiger partial charge in [0.2, 0.25) is 0 Å². The molecule has 1 fully saturated rings. The number of alkyl halides is 3. The molecule has 3 heterocycles. The first kappa shape index (κ1) is 29.8. The van der Waals surface area contributed by atoms with Crippen LogP contribution in [-0.2, 0) is 13.1 Å². The number of aromatic hydroxyl groups is 1. The first-order chi connectivity index (χ1) is 19.9. The molecule has 1 aliphatic rings. The first-order valence-electron chi connectivity index (χ1n) is 13.4. The third-order valence-electron chi connectivity index (χ3n) is 7.29. The maximum Gasteiger partial charge on any atom is 0.401 e. The second-order valence-corrected chi connectivity index (χ2v) is 11.1. The number of aromatic nitrogens is 4. The zero-order chi connectivity index (χ0) is 30.2. The van der Waals surface area contributed by atoms with E-state index in [-0.39, 0.29) is 46.1 Å². The van der Waals surface area contributed by atoms with Gasteiger partial charge in [0, 0.05) is 35.9 Å². The van der Waals surface area contributed by atoms with Gasteiger partial charge in [-0.1, -0.05) is 24.6 Å². The summed E-state index contributed by atoms with van der Waals surface area (Å²) in [4.78, 5) is 20.1. The largest absolute Gasteiger partial charge is 0.507 e. The molecular formula is C29H28ClF5N6O. The molecule has 0 bridgehead atoms. The van der Waals surface area contributed by atoms with Gasteiger partial charge in [-0.3, -0.25) is 4.90 Å². The lowest BCUT2D eigenvalue weighted by Gasteiger charge is -2.38. The van der Waals surface area contributed by atoms with E-state index in [2.05, 4.69) is 26.9 Å². The second kappa shape index (κ2) is 11.9. The molecule has 0 saturated carbocycles. The number of phenolic OH excluding ortho intramolecular Hbond substituents is 1. The fourth-order valence-electron chi connectivity index (χ4n) is 5.32. The number of anilines is 1. The van der Waals surface area contributed by atoms with Crippen molar-refractivity contribution in [1.82, 2.24) is 24.8 Å². The van der Waals surface area contributed by atoms with Gasteiger partial charge in [-0.2, -0.15) is 13.2 Å². The highest BCUT2D eigenvalue weighted by atomic mass is 35.5. The highest BCUT2D eigenvalue weighted by Gasteiger charge is 2.33. The third-order valence-corrected chi connectivity index (χ3v) is 7.59. The zero-order valence-electron chi connectivity index (χ0n) is 22.8. The Balaban J connectivity index is 1.69. The van der Waals surface area contributed by atoms with Gasteiger partial charge in [0.1, 0.15) is 34.6 Å². The molecule has 2 atom stereocenters. The summed E-state index contributed by atoms with van der Waals surface area (Å²) in [6.45, 7) is 2.67. The van der Waals surface area contributed by atoms with Crippen LogP contribution in [0.25, 0.3) is 22.0 Å². The number of halogens is 6. The molecule has 0 radical (unpaired) electrons. The molecule has 7 nitrogen and oxygen atoms in total.